The van der Waals surface area contributed by atoms with E-state index >= 15 is 0 Å². The zero-order chi connectivity index (χ0) is 12.3. The third kappa shape index (κ3) is 2.45. The predicted octanol–water partition coefficient (Wildman–Crippen LogP) is 1.54. The monoisotopic (exact) mass is 235 g/mol. The molecule has 1 heterocycles. The summed E-state index contributed by atoms with van der Waals surface area (Å²) in [4.78, 5) is 4.11. The maximum absolute atomic E-state index is 13.5. The van der Waals surface area contributed by atoms with Gasteiger partial charge in [0.25, 0.3) is 0 Å². The van der Waals surface area contributed by atoms with E-state index < -0.39 is 0 Å². The normalized spacial score (nSPS) is 10.5. The molecule has 2 rings (SSSR count). The molecular formula is C12H14FN3O. The van der Waals surface area contributed by atoms with Gasteiger partial charge < -0.3 is 15.0 Å². The van der Waals surface area contributed by atoms with E-state index in [1.165, 1.54) is 13.2 Å². The number of hydrogen-bond donors (Lipinski definition) is 1. The van der Waals surface area contributed by atoms with Gasteiger partial charge in [-0.05, 0) is 17.7 Å². The fraction of sp³-hybridized carbons (Fsp3) is 0.250. The van der Waals surface area contributed by atoms with Gasteiger partial charge in [0, 0.05) is 18.9 Å². The molecule has 0 aliphatic heterocycles. The first-order valence-corrected chi connectivity index (χ1v) is 5.27. The number of methoxy groups -OCH3 is 1. The summed E-state index contributed by atoms with van der Waals surface area (Å²) in [5.41, 5.74) is 6.39. The third-order valence-corrected chi connectivity index (χ3v) is 2.55. The summed E-state index contributed by atoms with van der Waals surface area (Å²) >= 11 is 0. The van der Waals surface area contributed by atoms with Crippen LogP contribution in [0.1, 0.15) is 11.4 Å². The highest BCUT2D eigenvalue weighted by Gasteiger charge is 2.05. The van der Waals surface area contributed by atoms with E-state index in [9.17, 15) is 4.39 Å². The lowest BCUT2D eigenvalue weighted by molar-refractivity contribution is 0.386. The van der Waals surface area contributed by atoms with Crippen LogP contribution in [-0.4, -0.2) is 16.7 Å². The maximum atomic E-state index is 13.5. The molecule has 0 saturated carbocycles. The standard InChI is InChI=1S/C12H14FN3O/c1-17-11-3-2-9(6-10(11)13)8-16-5-4-15-12(16)7-14/h2-6H,7-8,14H2,1H3. The van der Waals surface area contributed by atoms with Gasteiger partial charge in [0.2, 0.25) is 0 Å². The largest absolute Gasteiger partial charge is 0.494 e. The van der Waals surface area contributed by atoms with Crippen molar-refractivity contribution in [3.63, 3.8) is 0 Å². The van der Waals surface area contributed by atoms with Crippen molar-refractivity contribution in [2.75, 3.05) is 7.11 Å². The highest BCUT2D eigenvalue weighted by Crippen LogP contribution is 2.18. The first kappa shape index (κ1) is 11.6. The Morgan fingerprint density at radius 2 is 2.29 bits per heavy atom. The first-order chi connectivity index (χ1) is 8.24. The molecule has 0 aliphatic carbocycles. The van der Waals surface area contributed by atoms with Gasteiger partial charge >= 0.3 is 0 Å². The Morgan fingerprint density at radius 1 is 1.47 bits per heavy atom. The Bertz CT molecular complexity index is 510. The molecule has 0 atom stereocenters. The van der Waals surface area contributed by atoms with Crippen molar-refractivity contribution in [3.8, 4) is 5.75 Å². The number of nitrogens with two attached hydrogens (primary N) is 1. The molecule has 0 bridgehead atoms. The van der Waals surface area contributed by atoms with Gasteiger partial charge in [-0.15, -0.1) is 0 Å². The quantitative estimate of drug-likeness (QED) is 0.874. The molecule has 2 aromatic rings. The van der Waals surface area contributed by atoms with Crippen LogP contribution >= 0.6 is 0 Å². The summed E-state index contributed by atoms with van der Waals surface area (Å²) in [7, 11) is 1.44. The highest BCUT2D eigenvalue weighted by molar-refractivity contribution is 5.29. The number of halogens is 1. The molecule has 4 nitrogen and oxygen atoms in total. The molecule has 0 fully saturated rings. The van der Waals surface area contributed by atoms with Crippen molar-refractivity contribution in [3.05, 3.63) is 47.8 Å². The number of imidazole rings is 1. The molecular weight excluding hydrogens is 221 g/mol. The Hall–Kier alpha value is -1.88. The minimum Gasteiger partial charge on any atom is -0.494 e. The van der Waals surface area contributed by atoms with Crippen LogP contribution in [0.3, 0.4) is 0 Å². The average molecular weight is 235 g/mol. The molecule has 0 unspecified atom stereocenters. The van der Waals surface area contributed by atoms with Crippen LogP contribution in [0, 0.1) is 5.82 Å². The fourth-order valence-corrected chi connectivity index (χ4v) is 1.68. The number of benzene rings is 1. The summed E-state index contributed by atoms with van der Waals surface area (Å²) < 4.78 is 20.2. The number of aromatic nitrogens is 2. The zero-order valence-corrected chi connectivity index (χ0v) is 9.56. The van der Waals surface area contributed by atoms with Crippen LogP contribution in [0.5, 0.6) is 5.75 Å². The number of ether oxygens (including phenoxy) is 1. The van der Waals surface area contributed by atoms with Crippen molar-refractivity contribution >= 4 is 0 Å². The molecule has 17 heavy (non-hydrogen) atoms. The van der Waals surface area contributed by atoms with Gasteiger partial charge in [-0.3, -0.25) is 0 Å². The van der Waals surface area contributed by atoms with Crippen LogP contribution in [0.4, 0.5) is 4.39 Å². The molecule has 90 valence electrons. The van der Waals surface area contributed by atoms with E-state index in [-0.39, 0.29) is 11.6 Å². The number of nitrogens with zero attached hydrogens (tertiary/aromatic N) is 2. The number of hydrogen-bond acceptors (Lipinski definition) is 3. The molecule has 0 radical (unpaired) electrons. The average Bonchev–Trinajstić information content (AvgIpc) is 2.76. The van der Waals surface area contributed by atoms with Crippen molar-refractivity contribution in [2.24, 2.45) is 5.73 Å². The lowest BCUT2D eigenvalue weighted by Crippen LogP contribution is -2.09. The summed E-state index contributed by atoms with van der Waals surface area (Å²) in [6.45, 7) is 0.916. The van der Waals surface area contributed by atoms with Gasteiger partial charge in [0.1, 0.15) is 5.82 Å². The fourth-order valence-electron chi connectivity index (χ4n) is 1.68. The molecule has 2 N–H and O–H groups in total. The zero-order valence-electron chi connectivity index (χ0n) is 9.56. The first-order valence-electron chi connectivity index (χ1n) is 5.27. The van der Waals surface area contributed by atoms with Gasteiger partial charge in [0.15, 0.2) is 11.6 Å². The Balaban J connectivity index is 2.22. The minimum atomic E-state index is -0.362. The topological polar surface area (TPSA) is 53.1 Å². The van der Waals surface area contributed by atoms with Crippen molar-refractivity contribution in [1.29, 1.82) is 0 Å². The predicted molar refractivity (Wildman–Crippen MR) is 62.2 cm³/mol. The summed E-state index contributed by atoms with van der Waals surface area (Å²) in [5.74, 6) is 0.666. The van der Waals surface area contributed by atoms with E-state index in [1.807, 2.05) is 16.8 Å². The van der Waals surface area contributed by atoms with Crippen LogP contribution in [0.25, 0.3) is 0 Å². The number of rotatable bonds is 4. The van der Waals surface area contributed by atoms with Crippen molar-refractivity contribution in [2.45, 2.75) is 13.1 Å². The third-order valence-electron chi connectivity index (χ3n) is 2.55. The van der Waals surface area contributed by atoms with Gasteiger partial charge in [0.05, 0.1) is 13.7 Å². The molecule has 1 aromatic heterocycles. The van der Waals surface area contributed by atoms with Gasteiger partial charge in [-0.25, -0.2) is 9.37 Å². The molecule has 0 amide bonds. The summed E-state index contributed by atoms with van der Waals surface area (Å²) in [6, 6.07) is 4.89. The Kier molecular flexibility index (Phi) is 3.39. The van der Waals surface area contributed by atoms with Crippen LogP contribution in [-0.2, 0) is 13.1 Å². The lowest BCUT2D eigenvalue weighted by atomic mass is 10.2. The lowest BCUT2D eigenvalue weighted by Gasteiger charge is -2.08. The smallest absolute Gasteiger partial charge is 0.165 e. The van der Waals surface area contributed by atoms with Crippen LogP contribution in [0.15, 0.2) is 30.6 Å². The van der Waals surface area contributed by atoms with Crippen molar-refractivity contribution in [1.82, 2.24) is 9.55 Å². The second kappa shape index (κ2) is 4.97. The molecule has 5 heteroatoms. The maximum Gasteiger partial charge on any atom is 0.165 e. The van der Waals surface area contributed by atoms with Crippen LogP contribution in [0.2, 0.25) is 0 Å². The second-order valence-corrected chi connectivity index (χ2v) is 3.64. The Morgan fingerprint density at radius 3 is 2.94 bits per heavy atom. The SMILES string of the molecule is COc1ccc(Cn2ccnc2CN)cc1F. The van der Waals surface area contributed by atoms with E-state index in [4.69, 9.17) is 10.5 Å². The Labute approximate surface area is 98.8 Å². The van der Waals surface area contributed by atoms with Gasteiger partial charge in [-0.2, -0.15) is 0 Å². The molecule has 0 aliphatic rings. The second-order valence-electron chi connectivity index (χ2n) is 3.64. The summed E-state index contributed by atoms with van der Waals surface area (Å²) in [5, 5.41) is 0. The molecule has 0 saturated heterocycles. The van der Waals surface area contributed by atoms with E-state index in [2.05, 4.69) is 4.98 Å². The van der Waals surface area contributed by atoms with E-state index in [0.29, 0.717) is 13.1 Å². The summed E-state index contributed by atoms with van der Waals surface area (Å²) in [6.07, 6.45) is 3.51. The van der Waals surface area contributed by atoms with E-state index in [0.717, 1.165) is 11.4 Å². The van der Waals surface area contributed by atoms with E-state index in [1.54, 1.807) is 12.3 Å². The van der Waals surface area contributed by atoms with Crippen LogP contribution < -0.4 is 10.5 Å². The minimum absolute atomic E-state index is 0.249. The van der Waals surface area contributed by atoms with Crippen molar-refractivity contribution < 1.29 is 9.13 Å². The molecule has 0 spiro atoms. The highest BCUT2D eigenvalue weighted by atomic mass is 19.1. The van der Waals surface area contributed by atoms with Gasteiger partial charge in [-0.1, -0.05) is 6.07 Å². The molecule has 1 aromatic carbocycles.